The van der Waals surface area contributed by atoms with Crippen LogP contribution in [0.4, 0.5) is 0 Å². The minimum absolute atomic E-state index is 0.113. The van der Waals surface area contributed by atoms with Gasteiger partial charge in [0.15, 0.2) is 5.78 Å². The molecular formula is C11H12BrNO. The maximum absolute atomic E-state index is 11.6. The first-order chi connectivity index (χ1) is 6.59. The lowest BCUT2D eigenvalue weighted by atomic mass is 10.1. The highest BCUT2D eigenvalue weighted by Gasteiger charge is 2.06. The summed E-state index contributed by atoms with van der Waals surface area (Å²) in [6, 6.07) is 1.79. The van der Waals surface area contributed by atoms with Gasteiger partial charge in [-0.3, -0.25) is 9.78 Å². The Balaban J connectivity index is 2.65. The van der Waals surface area contributed by atoms with Crippen molar-refractivity contribution in [2.75, 3.05) is 0 Å². The van der Waals surface area contributed by atoms with E-state index in [0.717, 1.165) is 16.5 Å². The summed E-state index contributed by atoms with van der Waals surface area (Å²) in [5.41, 5.74) is 1.68. The fraction of sp³-hybridized carbons (Fsp3) is 0.273. The van der Waals surface area contributed by atoms with Crippen LogP contribution in [-0.2, 0) is 0 Å². The number of pyridine rings is 1. The molecule has 0 aliphatic carbocycles. The Morgan fingerprint density at radius 2 is 2.21 bits per heavy atom. The van der Waals surface area contributed by atoms with Crippen molar-refractivity contribution in [2.24, 2.45) is 0 Å². The second-order valence-corrected chi connectivity index (χ2v) is 4.19. The predicted octanol–water partition coefficient (Wildman–Crippen LogP) is 3.38. The van der Waals surface area contributed by atoms with Gasteiger partial charge in [-0.25, -0.2) is 0 Å². The summed E-state index contributed by atoms with van der Waals surface area (Å²) in [4.78, 5) is 15.5. The summed E-state index contributed by atoms with van der Waals surface area (Å²) in [5, 5.41) is 0. The van der Waals surface area contributed by atoms with Gasteiger partial charge >= 0.3 is 0 Å². The molecule has 14 heavy (non-hydrogen) atoms. The molecule has 3 heteroatoms. The average Bonchev–Trinajstić information content (AvgIpc) is 2.14. The lowest BCUT2D eigenvalue weighted by Gasteiger charge is -2.00. The van der Waals surface area contributed by atoms with E-state index in [1.807, 2.05) is 6.92 Å². The topological polar surface area (TPSA) is 30.0 Å². The molecule has 1 aromatic heterocycles. The zero-order chi connectivity index (χ0) is 10.6. The Hall–Kier alpha value is -0.960. The standard InChI is InChI=1S/C11H12BrNO/c1-8(2)3-4-11(14)9-5-10(12)7-13-6-9/h5-7H,1,3-4H2,2H3. The summed E-state index contributed by atoms with van der Waals surface area (Å²) < 4.78 is 0.832. The van der Waals surface area contributed by atoms with Gasteiger partial charge in [-0.05, 0) is 35.3 Å². The lowest BCUT2D eigenvalue weighted by molar-refractivity contribution is 0.0982. The Morgan fingerprint density at radius 1 is 1.50 bits per heavy atom. The summed E-state index contributed by atoms with van der Waals surface area (Å²) in [7, 11) is 0. The predicted molar refractivity (Wildman–Crippen MR) is 60.3 cm³/mol. The van der Waals surface area contributed by atoms with E-state index < -0.39 is 0 Å². The first-order valence-corrected chi connectivity index (χ1v) is 5.17. The highest BCUT2D eigenvalue weighted by atomic mass is 79.9. The van der Waals surface area contributed by atoms with Gasteiger partial charge in [0.2, 0.25) is 0 Å². The first-order valence-electron chi connectivity index (χ1n) is 4.37. The first kappa shape index (κ1) is 11.1. The number of Topliss-reactive ketones (excluding diaryl/α,β-unsaturated/α-hetero) is 1. The van der Waals surface area contributed by atoms with Gasteiger partial charge in [0.1, 0.15) is 0 Å². The van der Waals surface area contributed by atoms with Gasteiger partial charge in [0.05, 0.1) is 0 Å². The second-order valence-electron chi connectivity index (χ2n) is 3.27. The maximum atomic E-state index is 11.6. The number of allylic oxidation sites excluding steroid dienone is 1. The van der Waals surface area contributed by atoms with E-state index in [0.29, 0.717) is 12.0 Å². The molecule has 0 amide bonds. The monoisotopic (exact) mass is 253 g/mol. The van der Waals surface area contributed by atoms with Crippen LogP contribution in [0.15, 0.2) is 35.1 Å². The number of nitrogens with zero attached hydrogens (tertiary/aromatic N) is 1. The van der Waals surface area contributed by atoms with Gasteiger partial charge in [0.25, 0.3) is 0 Å². The smallest absolute Gasteiger partial charge is 0.164 e. The van der Waals surface area contributed by atoms with E-state index in [1.54, 1.807) is 18.5 Å². The molecule has 0 unspecified atom stereocenters. The molecule has 0 spiro atoms. The van der Waals surface area contributed by atoms with Gasteiger partial charge in [-0.2, -0.15) is 0 Å². The molecule has 0 radical (unpaired) electrons. The van der Waals surface area contributed by atoms with Crippen molar-refractivity contribution in [3.05, 3.63) is 40.6 Å². The van der Waals surface area contributed by atoms with E-state index in [1.165, 1.54) is 0 Å². The summed E-state index contributed by atoms with van der Waals surface area (Å²) in [5.74, 6) is 0.113. The number of hydrogen-bond donors (Lipinski definition) is 0. The number of carbonyl (C=O) groups excluding carboxylic acids is 1. The maximum Gasteiger partial charge on any atom is 0.164 e. The van der Waals surface area contributed by atoms with Crippen molar-refractivity contribution in [2.45, 2.75) is 19.8 Å². The van der Waals surface area contributed by atoms with Crippen LogP contribution in [0.25, 0.3) is 0 Å². The van der Waals surface area contributed by atoms with Crippen molar-refractivity contribution in [1.29, 1.82) is 0 Å². The van der Waals surface area contributed by atoms with Crippen molar-refractivity contribution < 1.29 is 4.79 Å². The van der Waals surface area contributed by atoms with Crippen LogP contribution in [0, 0.1) is 0 Å². The van der Waals surface area contributed by atoms with E-state index >= 15 is 0 Å². The van der Waals surface area contributed by atoms with Gasteiger partial charge < -0.3 is 0 Å². The fourth-order valence-electron chi connectivity index (χ4n) is 1.04. The molecule has 0 aliphatic heterocycles. The molecule has 0 saturated carbocycles. The number of hydrogen-bond acceptors (Lipinski definition) is 2. The Bertz CT molecular complexity index is 360. The van der Waals surface area contributed by atoms with E-state index in [2.05, 4.69) is 27.5 Å². The van der Waals surface area contributed by atoms with Crippen LogP contribution in [0.5, 0.6) is 0 Å². The molecule has 1 aromatic rings. The van der Waals surface area contributed by atoms with Crippen molar-refractivity contribution in [3.8, 4) is 0 Å². The molecule has 1 heterocycles. The van der Waals surface area contributed by atoms with Gasteiger partial charge in [-0.15, -0.1) is 6.58 Å². The Kier molecular flexibility index (Phi) is 4.01. The third kappa shape index (κ3) is 3.42. The normalized spacial score (nSPS) is 9.86. The molecule has 0 bridgehead atoms. The molecule has 0 aliphatic rings. The number of aromatic nitrogens is 1. The highest BCUT2D eigenvalue weighted by molar-refractivity contribution is 9.10. The Morgan fingerprint density at radius 3 is 2.79 bits per heavy atom. The quantitative estimate of drug-likeness (QED) is 0.609. The van der Waals surface area contributed by atoms with Gasteiger partial charge in [0, 0.05) is 28.9 Å². The molecule has 0 fully saturated rings. The van der Waals surface area contributed by atoms with Crippen LogP contribution in [0.3, 0.4) is 0 Å². The number of carbonyl (C=O) groups is 1. The lowest BCUT2D eigenvalue weighted by Crippen LogP contribution is -1.99. The minimum Gasteiger partial charge on any atom is -0.294 e. The molecule has 2 nitrogen and oxygen atoms in total. The van der Waals surface area contributed by atoms with E-state index in [9.17, 15) is 4.79 Å². The molecular weight excluding hydrogens is 242 g/mol. The third-order valence-electron chi connectivity index (χ3n) is 1.81. The van der Waals surface area contributed by atoms with Crippen LogP contribution in [0.2, 0.25) is 0 Å². The average molecular weight is 254 g/mol. The van der Waals surface area contributed by atoms with E-state index in [-0.39, 0.29) is 5.78 Å². The number of rotatable bonds is 4. The van der Waals surface area contributed by atoms with Gasteiger partial charge in [-0.1, -0.05) is 5.57 Å². The van der Waals surface area contributed by atoms with Crippen molar-refractivity contribution in [1.82, 2.24) is 4.98 Å². The molecule has 0 aromatic carbocycles. The minimum atomic E-state index is 0.113. The van der Waals surface area contributed by atoms with Crippen LogP contribution < -0.4 is 0 Å². The molecule has 74 valence electrons. The zero-order valence-electron chi connectivity index (χ0n) is 8.09. The van der Waals surface area contributed by atoms with E-state index in [4.69, 9.17) is 0 Å². The zero-order valence-corrected chi connectivity index (χ0v) is 9.67. The van der Waals surface area contributed by atoms with Crippen molar-refractivity contribution >= 4 is 21.7 Å². The largest absolute Gasteiger partial charge is 0.294 e. The van der Waals surface area contributed by atoms with Crippen LogP contribution >= 0.6 is 15.9 Å². The fourth-order valence-corrected chi connectivity index (χ4v) is 1.40. The molecule has 0 N–H and O–H groups in total. The Labute approximate surface area is 92.2 Å². The van der Waals surface area contributed by atoms with Crippen molar-refractivity contribution in [3.63, 3.8) is 0 Å². The number of halogens is 1. The number of ketones is 1. The third-order valence-corrected chi connectivity index (χ3v) is 2.24. The second kappa shape index (κ2) is 5.05. The van der Waals surface area contributed by atoms with Crippen LogP contribution in [-0.4, -0.2) is 10.8 Å². The summed E-state index contributed by atoms with van der Waals surface area (Å²) >= 11 is 3.28. The van der Waals surface area contributed by atoms with Crippen LogP contribution in [0.1, 0.15) is 30.1 Å². The SMILES string of the molecule is C=C(C)CCC(=O)c1cncc(Br)c1. The molecule has 1 rings (SSSR count). The summed E-state index contributed by atoms with van der Waals surface area (Å²) in [6.45, 7) is 5.68. The molecule has 0 atom stereocenters. The summed E-state index contributed by atoms with van der Waals surface area (Å²) in [6.07, 6.45) is 4.50. The highest BCUT2D eigenvalue weighted by Crippen LogP contribution is 2.13. The molecule has 0 saturated heterocycles.